The number of thiophene rings is 1. The van der Waals surface area contributed by atoms with E-state index in [2.05, 4.69) is 33.4 Å². The van der Waals surface area contributed by atoms with Crippen LogP contribution in [0, 0.1) is 0 Å². The van der Waals surface area contributed by atoms with E-state index in [-0.39, 0.29) is 11.9 Å². The number of alkyl halides is 1. The van der Waals surface area contributed by atoms with Crippen LogP contribution >= 0.6 is 38.9 Å². The van der Waals surface area contributed by atoms with Crippen LogP contribution in [0.15, 0.2) is 42.5 Å². The number of hydrogen-bond acceptors (Lipinski definition) is 2. The van der Waals surface area contributed by atoms with Gasteiger partial charge in [0.2, 0.25) is 0 Å². The average molecular weight is 359 g/mol. The number of carbonyl (C=O) groups is 1. The Morgan fingerprint density at radius 2 is 2.00 bits per heavy atom. The number of rotatable bonds is 5. The maximum absolute atomic E-state index is 12.0. The van der Waals surface area contributed by atoms with Gasteiger partial charge in [-0.15, -0.1) is 11.3 Å². The lowest BCUT2D eigenvalue weighted by Crippen LogP contribution is -2.37. The van der Waals surface area contributed by atoms with E-state index in [1.807, 2.05) is 18.2 Å². The van der Waals surface area contributed by atoms with Gasteiger partial charge in [0.25, 0.3) is 5.91 Å². The number of benzene rings is 1. The Labute approximate surface area is 129 Å². The second kappa shape index (κ2) is 7.08. The normalized spacial score (nSPS) is 12.1. The van der Waals surface area contributed by atoms with E-state index in [4.69, 9.17) is 11.6 Å². The summed E-state index contributed by atoms with van der Waals surface area (Å²) in [6.07, 6.45) is 0.803. The van der Waals surface area contributed by atoms with Crippen LogP contribution in [0.2, 0.25) is 4.34 Å². The summed E-state index contributed by atoms with van der Waals surface area (Å²) in [5, 5.41) is 3.73. The average Bonchev–Trinajstić information content (AvgIpc) is 2.86. The molecule has 100 valence electrons. The number of hydrogen-bond donors (Lipinski definition) is 1. The van der Waals surface area contributed by atoms with Crippen molar-refractivity contribution in [2.45, 2.75) is 12.5 Å². The van der Waals surface area contributed by atoms with Crippen molar-refractivity contribution in [3.63, 3.8) is 0 Å². The van der Waals surface area contributed by atoms with Crippen LogP contribution in [0.25, 0.3) is 0 Å². The third-order valence-corrected chi connectivity index (χ3v) is 4.65. The van der Waals surface area contributed by atoms with Gasteiger partial charge < -0.3 is 5.32 Å². The van der Waals surface area contributed by atoms with Crippen molar-refractivity contribution >= 4 is 44.8 Å². The maximum Gasteiger partial charge on any atom is 0.261 e. The summed E-state index contributed by atoms with van der Waals surface area (Å²) in [6.45, 7) is 0. The van der Waals surface area contributed by atoms with Crippen LogP contribution < -0.4 is 5.32 Å². The Morgan fingerprint density at radius 3 is 2.58 bits per heavy atom. The Kier molecular flexibility index (Phi) is 5.43. The minimum absolute atomic E-state index is 0.0655. The molecule has 0 radical (unpaired) electrons. The number of carbonyl (C=O) groups excluding carboxylic acids is 1. The fourth-order valence-corrected chi connectivity index (χ4v) is 3.07. The molecule has 0 aliphatic carbocycles. The molecule has 1 atom stereocenters. The van der Waals surface area contributed by atoms with Gasteiger partial charge in [-0.1, -0.05) is 57.9 Å². The lowest BCUT2D eigenvalue weighted by Gasteiger charge is -2.15. The molecule has 2 nitrogen and oxygen atoms in total. The molecule has 0 spiro atoms. The number of halogens is 2. The molecule has 2 aromatic rings. The second-order valence-corrected chi connectivity index (χ2v) is 6.48. The Balaban J connectivity index is 1.97. The first-order valence-electron chi connectivity index (χ1n) is 5.85. The molecular formula is C14H13BrClNOS. The fraction of sp³-hybridized carbons (Fsp3) is 0.214. The first-order chi connectivity index (χ1) is 9.19. The van der Waals surface area contributed by atoms with Crippen LogP contribution in [0.5, 0.6) is 0 Å². The molecule has 0 saturated heterocycles. The second-order valence-electron chi connectivity index (χ2n) is 4.12. The van der Waals surface area contributed by atoms with Crippen molar-refractivity contribution in [3.05, 3.63) is 57.2 Å². The molecule has 1 aromatic carbocycles. The number of nitrogens with one attached hydrogen (secondary N) is 1. The first-order valence-corrected chi connectivity index (χ1v) is 8.16. The quantitative estimate of drug-likeness (QED) is 0.800. The van der Waals surface area contributed by atoms with Crippen LogP contribution in [-0.4, -0.2) is 17.3 Å². The summed E-state index contributed by atoms with van der Waals surface area (Å²) in [6, 6.07) is 13.7. The van der Waals surface area contributed by atoms with E-state index in [0.717, 1.165) is 6.42 Å². The predicted molar refractivity (Wildman–Crippen MR) is 84.5 cm³/mol. The largest absolute Gasteiger partial charge is 0.347 e. The zero-order chi connectivity index (χ0) is 13.7. The van der Waals surface area contributed by atoms with Gasteiger partial charge in [0.15, 0.2) is 0 Å². The number of amides is 1. The molecule has 1 heterocycles. The summed E-state index contributed by atoms with van der Waals surface area (Å²) < 4.78 is 0.628. The highest BCUT2D eigenvalue weighted by Gasteiger charge is 2.14. The lowest BCUT2D eigenvalue weighted by molar-refractivity contribution is 0.0945. The van der Waals surface area contributed by atoms with Gasteiger partial charge in [-0.3, -0.25) is 4.79 Å². The third kappa shape index (κ3) is 4.34. The van der Waals surface area contributed by atoms with E-state index in [1.165, 1.54) is 16.9 Å². The maximum atomic E-state index is 12.0. The summed E-state index contributed by atoms with van der Waals surface area (Å²) >= 11 is 10.6. The van der Waals surface area contributed by atoms with Crippen molar-refractivity contribution in [2.75, 3.05) is 5.33 Å². The Hall–Kier alpha value is -0.840. The summed E-state index contributed by atoms with van der Waals surface area (Å²) in [7, 11) is 0. The first kappa shape index (κ1) is 14.6. The molecule has 0 aliphatic rings. The molecule has 2 rings (SSSR count). The van der Waals surface area contributed by atoms with E-state index in [0.29, 0.717) is 14.5 Å². The van der Waals surface area contributed by atoms with Gasteiger partial charge in [0.05, 0.1) is 9.21 Å². The highest BCUT2D eigenvalue weighted by atomic mass is 79.9. The van der Waals surface area contributed by atoms with Crippen LogP contribution in [0.3, 0.4) is 0 Å². The van der Waals surface area contributed by atoms with Crippen LogP contribution in [-0.2, 0) is 6.42 Å². The zero-order valence-corrected chi connectivity index (χ0v) is 13.3. The van der Waals surface area contributed by atoms with Crippen molar-refractivity contribution in [3.8, 4) is 0 Å². The molecule has 1 amide bonds. The molecule has 1 unspecified atom stereocenters. The molecule has 0 fully saturated rings. The van der Waals surface area contributed by atoms with E-state index in [9.17, 15) is 4.79 Å². The van der Waals surface area contributed by atoms with Crippen LogP contribution in [0.1, 0.15) is 15.2 Å². The molecule has 1 aromatic heterocycles. The van der Waals surface area contributed by atoms with Gasteiger partial charge in [0.1, 0.15) is 0 Å². The van der Waals surface area contributed by atoms with Crippen molar-refractivity contribution in [2.24, 2.45) is 0 Å². The Morgan fingerprint density at radius 1 is 1.26 bits per heavy atom. The monoisotopic (exact) mass is 357 g/mol. The molecule has 0 saturated carbocycles. The summed E-state index contributed by atoms with van der Waals surface area (Å²) in [5.74, 6) is -0.0720. The molecular weight excluding hydrogens is 346 g/mol. The van der Waals surface area contributed by atoms with E-state index in [1.54, 1.807) is 12.1 Å². The molecule has 0 bridgehead atoms. The van der Waals surface area contributed by atoms with Gasteiger partial charge in [-0.2, -0.15) is 0 Å². The molecule has 19 heavy (non-hydrogen) atoms. The van der Waals surface area contributed by atoms with Gasteiger partial charge in [0, 0.05) is 11.4 Å². The summed E-state index contributed by atoms with van der Waals surface area (Å²) in [5.41, 5.74) is 1.21. The standard InChI is InChI=1S/C14H13BrClNOS/c15-9-11(8-10-4-2-1-3-5-10)17-14(18)12-6-7-13(16)19-12/h1-7,11H,8-9H2,(H,17,18). The molecule has 1 N–H and O–H groups in total. The molecule has 5 heteroatoms. The smallest absolute Gasteiger partial charge is 0.261 e. The van der Waals surface area contributed by atoms with E-state index >= 15 is 0 Å². The van der Waals surface area contributed by atoms with Gasteiger partial charge in [-0.05, 0) is 24.1 Å². The Bertz CT molecular complexity index is 543. The van der Waals surface area contributed by atoms with E-state index < -0.39 is 0 Å². The van der Waals surface area contributed by atoms with Gasteiger partial charge >= 0.3 is 0 Å². The summed E-state index contributed by atoms with van der Waals surface area (Å²) in [4.78, 5) is 12.7. The lowest BCUT2D eigenvalue weighted by atomic mass is 10.1. The zero-order valence-electron chi connectivity index (χ0n) is 10.1. The SMILES string of the molecule is O=C(NC(CBr)Cc1ccccc1)c1ccc(Cl)s1. The minimum atomic E-state index is -0.0720. The molecule has 0 aliphatic heterocycles. The van der Waals surface area contributed by atoms with Crippen molar-refractivity contribution in [1.82, 2.24) is 5.32 Å². The van der Waals surface area contributed by atoms with Crippen molar-refractivity contribution < 1.29 is 4.79 Å². The minimum Gasteiger partial charge on any atom is -0.347 e. The van der Waals surface area contributed by atoms with Crippen LogP contribution in [0.4, 0.5) is 0 Å². The third-order valence-electron chi connectivity index (χ3n) is 2.64. The topological polar surface area (TPSA) is 29.1 Å². The predicted octanol–water partition coefficient (Wildman–Crippen LogP) is 4.14. The highest BCUT2D eigenvalue weighted by molar-refractivity contribution is 9.09. The van der Waals surface area contributed by atoms with Crippen molar-refractivity contribution in [1.29, 1.82) is 0 Å². The van der Waals surface area contributed by atoms with Gasteiger partial charge in [-0.25, -0.2) is 0 Å². The fourth-order valence-electron chi connectivity index (χ4n) is 1.74. The highest BCUT2D eigenvalue weighted by Crippen LogP contribution is 2.21.